The summed E-state index contributed by atoms with van der Waals surface area (Å²) in [7, 11) is 0. The van der Waals surface area contributed by atoms with Gasteiger partial charge in [0.2, 0.25) is 0 Å². The molecule has 0 aliphatic heterocycles. The Balaban J connectivity index is 2.31. The topological polar surface area (TPSA) is 79.3 Å². The zero-order chi connectivity index (χ0) is 14.7. The van der Waals surface area contributed by atoms with Crippen LogP contribution in [-0.2, 0) is 0 Å². The van der Waals surface area contributed by atoms with E-state index in [4.69, 9.17) is 5.11 Å². The molecule has 7 heteroatoms. The van der Waals surface area contributed by atoms with Crippen LogP contribution >= 0.6 is 0 Å². The summed E-state index contributed by atoms with van der Waals surface area (Å²) in [5.74, 6) is -3.98. The molecule has 0 atom stereocenters. The molecule has 1 amide bonds. The molecule has 2 rings (SSSR count). The highest BCUT2D eigenvalue weighted by Crippen LogP contribution is 2.16. The predicted octanol–water partition coefficient (Wildman–Crippen LogP) is 2.31. The van der Waals surface area contributed by atoms with Crippen molar-refractivity contribution in [3.8, 4) is 0 Å². The van der Waals surface area contributed by atoms with E-state index >= 15 is 0 Å². The van der Waals surface area contributed by atoms with Gasteiger partial charge in [-0.1, -0.05) is 0 Å². The fourth-order valence-corrected chi connectivity index (χ4v) is 1.53. The second-order valence-electron chi connectivity index (χ2n) is 3.78. The van der Waals surface area contributed by atoms with E-state index in [1.54, 1.807) is 0 Å². The van der Waals surface area contributed by atoms with Gasteiger partial charge in [-0.3, -0.25) is 9.78 Å². The highest BCUT2D eigenvalue weighted by molar-refractivity contribution is 6.09. The van der Waals surface area contributed by atoms with E-state index in [9.17, 15) is 18.4 Å². The van der Waals surface area contributed by atoms with Gasteiger partial charge in [-0.2, -0.15) is 0 Å². The zero-order valence-corrected chi connectivity index (χ0v) is 9.93. The van der Waals surface area contributed by atoms with Crippen molar-refractivity contribution in [2.75, 3.05) is 5.32 Å². The van der Waals surface area contributed by atoms with Crippen molar-refractivity contribution in [2.45, 2.75) is 0 Å². The third-order valence-corrected chi connectivity index (χ3v) is 2.43. The average molecular weight is 278 g/mol. The maximum atomic E-state index is 13.4. The molecular weight excluding hydrogens is 270 g/mol. The van der Waals surface area contributed by atoms with Crippen LogP contribution in [-0.4, -0.2) is 22.0 Å². The van der Waals surface area contributed by atoms with Crippen molar-refractivity contribution < 1.29 is 23.5 Å². The molecular formula is C13H8F2N2O3. The van der Waals surface area contributed by atoms with Crippen molar-refractivity contribution in [3.05, 3.63) is 59.4 Å². The minimum Gasteiger partial charge on any atom is -0.478 e. The third-order valence-electron chi connectivity index (χ3n) is 2.43. The summed E-state index contributed by atoms with van der Waals surface area (Å²) in [6.45, 7) is 0. The molecule has 0 aliphatic rings. The Bertz CT molecular complexity index is 689. The highest BCUT2D eigenvalue weighted by atomic mass is 19.1. The Labute approximate surface area is 111 Å². The monoisotopic (exact) mass is 278 g/mol. The molecule has 2 N–H and O–H groups in total. The number of nitrogens with one attached hydrogen (secondary N) is 1. The number of carboxylic acid groups (broad SMARTS) is 1. The van der Waals surface area contributed by atoms with E-state index < -0.39 is 23.5 Å². The molecule has 0 bridgehead atoms. The molecule has 2 aromatic rings. The molecule has 0 unspecified atom stereocenters. The van der Waals surface area contributed by atoms with Crippen molar-refractivity contribution in [1.29, 1.82) is 0 Å². The minimum atomic E-state index is -1.33. The number of amides is 1. The number of pyridine rings is 1. The van der Waals surface area contributed by atoms with Crippen LogP contribution in [0.2, 0.25) is 0 Å². The SMILES string of the molecule is O=C(O)c1cccnc1C(=O)Nc1ccc(F)cc1F. The minimum absolute atomic E-state index is 0.265. The summed E-state index contributed by atoms with van der Waals surface area (Å²) >= 11 is 0. The number of halogens is 2. The number of nitrogens with zero attached hydrogens (tertiary/aromatic N) is 1. The number of hydrogen-bond donors (Lipinski definition) is 2. The largest absolute Gasteiger partial charge is 0.478 e. The molecule has 0 saturated heterocycles. The van der Waals surface area contributed by atoms with E-state index in [-0.39, 0.29) is 16.9 Å². The molecule has 1 heterocycles. The van der Waals surface area contributed by atoms with Crippen LogP contribution in [0.5, 0.6) is 0 Å². The number of carbonyl (C=O) groups excluding carboxylic acids is 1. The number of hydrogen-bond acceptors (Lipinski definition) is 3. The van der Waals surface area contributed by atoms with Crippen molar-refractivity contribution in [2.24, 2.45) is 0 Å². The van der Waals surface area contributed by atoms with Gasteiger partial charge in [0.05, 0.1) is 11.3 Å². The summed E-state index contributed by atoms with van der Waals surface area (Å²) < 4.78 is 26.1. The summed E-state index contributed by atoms with van der Waals surface area (Å²) in [6.07, 6.45) is 1.24. The summed E-state index contributed by atoms with van der Waals surface area (Å²) in [6, 6.07) is 5.16. The van der Waals surface area contributed by atoms with Crippen LogP contribution in [0.3, 0.4) is 0 Å². The van der Waals surface area contributed by atoms with Crippen LogP contribution in [0.4, 0.5) is 14.5 Å². The molecule has 102 valence electrons. The fraction of sp³-hybridized carbons (Fsp3) is 0. The molecule has 0 aliphatic carbocycles. The van der Waals surface area contributed by atoms with Crippen LogP contribution < -0.4 is 5.32 Å². The molecule has 0 saturated carbocycles. The van der Waals surface area contributed by atoms with Gasteiger partial charge in [0, 0.05) is 12.3 Å². The van der Waals surface area contributed by atoms with Gasteiger partial charge in [-0.25, -0.2) is 13.6 Å². The van der Waals surface area contributed by atoms with E-state index in [1.165, 1.54) is 18.3 Å². The normalized spacial score (nSPS) is 10.1. The maximum absolute atomic E-state index is 13.4. The summed E-state index contributed by atoms with van der Waals surface area (Å²) in [5, 5.41) is 11.1. The fourth-order valence-electron chi connectivity index (χ4n) is 1.53. The number of aromatic nitrogens is 1. The van der Waals surface area contributed by atoms with Crippen LogP contribution in [0.1, 0.15) is 20.8 Å². The first-order chi connectivity index (χ1) is 9.49. The lowest BCUT2D eigenvalue weighted by Gasteiger charge is -2.07. The number of rotatable bonds is 3. The van der Waals surface area contributed by atoms with Gasteiger partial charge in [-0.15, -0.1) is 0 Å². The number of anilines is 1. The average Bonchev–Trinajstić information content (AvgIpc) is 2.41. The molecule has 0 radical (unpaired) electrons. The first-order valence-electron chi connectivity index (χ1n) is 5.44. The lowest BCUT2D eigenvalue weighted by atomic mass is 10.2. The number of aromatic carboxylic acids is 1. The Morgan fingerprint density at radius 2 is 1.95 bits per heavy atom. The number of carbonyl (C=O) groups is 2. The molecule has 1 aromatic carbocycles. The summed E-state index contributed by atoms with van der Waals surface area (Å²) in [4.78, 5) is 26.5. The van der Waals surface area contributed by atoms with Crippen molar-refractivity contribution in [3.63, 3.8) is 0 Å². The van der Waals surface area contributed by atoms with E-state index in [0.717, 1.165) is 12.1 Å². The van der Waals surface area contributed by atoms with Crippen LogP contribution in [0.15, 0.2) is 36.5 Å². The Morgan fingerprint density at radius 1 is 1.20 bits per heavy atom. The molecule has 20 heavy (non-hydrogen) atoms. The summed E-state index contributed by atoms with van der Waals surface area (Å²) in [5.41, 5.74) is -0.936. The first kappa shape index (κ1) is 13.6. The number of benzene rings is 1. The Hall–Kier alpha value is -2.83. The van der Waals surface area contributed by atoms with Crippen molar-refractivity contribution in [1.82, 2.24) is 4.98 Å². The molecule has 5 nitrogen and oxygen atoms in total. The van der Waals surface area contributed by atoms with Gasteiger partial charge in [0.1, 0.15) is 17.3 Å². The Kier molecular flexibility index (Phi) is 3.69. The second kappa shape index (κ2) is 5.43. The van der Waals surface area contributed by atoms with E-state index in [2.05, 4.69) is 10.3 Å². The third kappa shape index (κ3) is 2.77. The standard InChI is InChI=1S/C13H8F2N2O3/c14-7-3-4-10(9(15)6-7)17-12(18)11-8(13(19)20)2-1-5-16-11/h1-6H,(H,17,18)(H,19,20). The Morgan fingerprint density at radius 3 is 2.60 bits per heavy atom. The predicted molar refractivity (Wildman–Crippen MR) is 65.5 cm³/mol. The molecule has 0 fully saturated rings. The lowest BCUT2D eigenvalue weighted by molar-refractivity contribution is 0.0691. The smallest absolute Gasteiger partial charge is 0.338 e. The molecule has 0 spiro atoms. The number of carboxylic acids is 1. The first-order valence-corrected chi connectivity index (χ1v) is 5.44. The van der Waals surface area contributed by atoms with E-state index in [1.807, 2.05) is 0 Å². The second-order valence-corrected chi connectivity index (χ2v) is 3.78. The van der Waals surface area contributed by atoms with Crippen LogP contribution in [0, 0.1) is 11.6 Å². The van der Waals surface area contributed by atoms with Gasteiger partial charge in [0.25, 0.3) is 5.91 Å². The van der Waals surface area contributed by atoms with Gasteiger partial charge < -0.3 is 10.4 Å². The molecule has 1 aromatic heterocycles. The zero-order valence-electron chi connectivity index (χ0n) is 9.93. The highest BCUT2D eigenvalue weighted by Gasteiger charge is 2.18. The van der Waals surface area contributed by atoms with Crippen LogP contribution in [0.25, 0.3) is 0 Å². The van der Waals surface area contributed by atoms with E-state index in [0.29, 0.717) is 6.07 Å². The quantitative estimate of drug-likeness (QED) is 0.903. The maximum Gasteiger partial charge on any atom is 0.338 e. The lowest BCUT2D eigenvalue weighted by Crippen LogP contribution is -2.18. The van der Waals surface area contributed by atoms with Gasteiger partial charge >= 0.3 is 5.97 Å². The van der Waals surface area contributed by atoms with Crippen molar-refractivity contribution >= 4 is 17.6 Å². The van der Waals surface area contributed by atoms with Gasteiger partial charge in [0.15, 0.2) is 0 Å². The van der Waals surface area contributed by atoms with Gasteiger partial charge in [-0.05, 0) is 24.3 Å².